The molecule has 1 amide bonds. The van der Waals surface area contributed by atoms with Gasteiger partial charge in [0, 0.05) is 33.4 Å². The summed E-state index contributed by atoms with van der Waals surface area (Å²) in [5.74, 6) is 1.41. The monoisotopic (exact) mass is 335 g/mol. The Morgan fingerprint density at radius 2 is 1.96 bits per heavy atom. The van der Waals surface area contributed by atoms with Crippen LogP contribution >= 0.6 is 0 Å². The van der Waals surface area contributed by atoms with Gasteiger partial charge in [0.2, 0.25) is 5.91 Å². The molecule has 0 spiro atoms. The van der Waals surface area contributed by atoms with Crippen LogP contribution in [0.3, 0.4) is 0 Å². The largest absolute Gasteiger partial charge is 0.490 e. The molecule has 0 heterocycles. The average Bonchev–Trinajstić information content (AvgIpc) is 2.59. The van der Waals surface area contributed by atoms with Gasteiger partial charge in [-0.05, 0) is 43.5 Å². The zero-order chi connectivity index (χ0) is 17.8. The molecule has 0 saturated heterocycles. The third-order valence-corrected chi connectivity index (χ3v) is 3.37. The average molecular weight is 335 g/mol. The molecule has 0 radical (unpaired) electrons. The predicted molar refractivity (Wildman–Crippen MR) is 96.6 cm³/mol. The quantitative estimate of drug-likeness (QED) is 0.459. The van der Waals surface area contributed by atoms with E-state index in [0.717, 1.165) is 24.2 Å². The number of hydrogen-bond acceptors (Lipinski definition) is 4. The highest BCUT2D eigenvalue weighted by atomic mass is 16.5. The van der Waals surface area contributed by atoms with E-state index >= 15 is 0 Å². The topological polar surface area (TPSA) is 48.0 Å². The van der Waals surface area contributed by atoms with E-state index in [1.807, 2.05) is 25.1 Å². The first-order valence-corrected chi connectivity index (χ1v) is 8.44. The van der Waals surface area contributed by atoms with E-state index in [0.29, 0.717) is 32.1 Å². The van der Waals surface area contributed by atoms with Crippen LogP contribution < -0.4 is 9.47 Å². The van der Waals surface area contributed by atoms with Crippen molar-refractivity contribution in [3.8, 4) is 11.5 Å². The lowest BCUT2D eigenvalue weighted by atomic mass is 10.2. The molecule has 0 atom stereocenters. The van der Waals surface area contributed by atoms with Gasteiger partial charge in [-0.15, -0.1) is 0 Å². The van der Waals surface area contributed by atoms with Crippen LogP contribution in [0.15, 0.2) is 24.3 Å². The van der Waals surface area contributed by atoms with Gasteiger partial charge in [-0.2, -0.15) is 0 Å². The van der Waals surface area contributed by atoms with E-state index in [4.69, 9.17) is 14.2 Å². The lowest BCUT2D eigenvalue weighted by Gasteiger charge is -2.14. The van der Waals surface area contributed by atoms with Crippen LogP contribution in [-0.2, 0) is 9.53 Å². The normalized spacial score (nSPS) is 10.8. The van der Waals surface area contributed by atoms with E-state index in [1.54, 1.807) is 31.2 Å². The molecular formula is C19H29NO4. The summed E-state index contributed by atoms with van der Waals surface area (Å²) in [7, 11) is 3.45. The lowest BCUT2D eigenvalue weighted by molar-refractivity contribution is -0.124. The number of carbonyl (C=O) groups excluding carboxylic acids is 1. The first kappa shape index (κ1) is 20.0. The summed E-state index contributed by atoms with van der Waals surface area (Å²) >= 11 is 0. The van der Waals surface area contributed by atoms with Crippen molar-refractivity contribution in [1.29, 1.82) is 0 Å². The molecule has 5 nitrogen and oxygen atoms in total. The second-order valence-corrected chi connectivity index (χ2v) is 5.43. The van der Waals surface area contributed by atoms with Crippen molar-refractivity contribution >= 4 is 12.0 Å². The summed E-state index contributed by atoms with van der Waals surface area (Å²) in [5.41, 5.74) is 0.904. The number of methoxy groups -OCH3 is 1. The van der Waals surface area contributed by atoms with Crippen LogP contribution in [0.4, 0.5) is 0 Å². The van der Waals surface area contributed by atoms with Gasteiger partial charge in [0.05, 0.1) is 13.2 Å². The SMILES string of the molecule is CCCOc1ccc(/C=C/C(=O)N(C)CCCOC)cc1OCC. The number of hydrogen-bond donors (Lipinski definition) is 0. The van der Waals surface area contributed by atoms with Crippen LogP contribution in [0.5, 0.6) is 11.5 Å². The van der Waals surface area contributed by atoms with Gasteiger partial charge in [0.1, 0.15) is 0 Å². The molecule has 1 rings (SSSR count). The number of rotatable bonds is 11. The summed E-state index contributed by atoms with van der Waals surface area (Å²) in [5, 5.41) is 0. The standard InChI is InChI=1S/C19H29NO4/c1-5-13-24-17-10-8-16(15-18(17)23-6-2)9-11-19(21)20(3)12-7-14-22-4/h8-11,15H,5-7,12-14H2,1-4H3/b11-9+. The van der Waals surface area contributed by atoms with Crippen molar-refractivity contribution in [2.75, 3.05) is 40.5 Å². The smallest absolute Gasteiger partial charge is 0.246 e. The zero-order valence-electron chi connectivity index (χ0n) is 15.2. The second-order valence-electron chi connectivity index (χ2n) is 5.43. The summed E-state index contributed by atoms with van der Waals surface area (Å²) in [6, 6.07) is 5.69. The Labute approximate surface area is 145 Å². The molecule has 0 aliphatic rings. The highest BCUT2D eigenvalue weighted by Gasteiger charge is 2.07. The fourth-order valence-electron chi connectivity index (χ4n) is 2.08. The third-order valence-electron chi connectivity index (χ3n) is 3.37. The molecule has 134 valence electrons. The number of likely N-dealkylation sites (N-methyl/N-ethyl adjacent to an activating group) is 1. The Balaban J connectivity index is 2.71. The molecule has 24 heavy (non-hydrogen) atoms. The van der Waals surface area contributed by atoms with Crippen molar-refractivity contribution in [2.24, 2.45) is 0 Å². The maximum Gasteiger partial charge on any atom is 0.246 e. The zero-order valence-corrected chi connectivity index (χ0v) is 15.2. The Morgan fingerprint density at radius 1 is 1.17 bits per heavy atom. The molecule has 0 unspecified atom stereocenters. The fraction of sp³-hybridized carbons (Fsp3) is 0.526. The summed E-state index contributed by atoms with van der Waals surface area (Å²) < 4.78 is 16.3. The Bertz CT molecular complexity index is 528. The number of benzene rings is 1. The molecule has 0 fully saturated rings. The predicted octanol–water partition coefficient (Wildman–Crippen LogP) is 3.38. The maximum absolute atomic E-state index is 12.1. The lowest BCUT2D eigenvalue weighted by Crippen LogP contribution is -2.26. The van der Waals surface area contributed by atoms with Gasteiger partial charge in [-0.25, -0.2) is 0 Å². The number of amides is 1. The fourth-order valence-corrected chi connectivity index (χ4v) is 2.08. The second kappa shape index (κ2) is 11.5. The van der Waals surface area contributed by atoms with E-state index in [-0.39, 0.29) is 5.91 Å². The maximum atomic E-state index is 12.1. The van der Waals surface area contributed by atoms with Crippen LogP contribution in [0.2, 0.25) is 0 Å². The summed E-state index contributed by atoms with van der Waals surface area (Å²) in [6.07, 6.45) is 5.13. The van der Waals surface area contributed by atoms with Gasteiger partial charge < -0.3 is 19.1 Å². The number of carbonyl (C=O) groups is 1. The Kier molecular flexibility index (Phi) is 9.61. The van der Waals surface area contributed by atoms with Gasteiger partial charge in [0.15, 0.2) is 11.5 Å². The summed E-state index contributed by atoms with van der Waals surface area (Å²) in [4.78, 5) is 13.8. The highest BCUT2D eigenvalue weighted by molar-refractivity contribution is 5.91. The minimum atomic E-state index is -0.0321. The third kappa shape index (κ3) is 7.04. The van der Waals surface area contributed by atoms with Crippen LogP contribution in [0, 0.1) is 0 Å². The van der Waals surface area contributed by atoms with E-state index in [1.165, 1.54) is 0 Å². The van der Waals surface area contributed by atoms with Crippen LogP contribution in [0.1, 0.15) is 32.3 Å². The molecule has 1 aromatic rings. The molecule has 0 aliphatic heterocycles. The van der Waals surface area contributed by atoms with E-state index in [2.05, 4.69) is 6.92 Å². The van der Waals surface area contributed by atoms with Crippen LogP contribution in [-0.4, -0.2) is 51.3 Å². The Morgan fingerprint density at radius 3 is 2.62 bits per heavy atom. The van der Waals surface area contributed by atoms with Gasteiger partial charge in [-0.3, -0.25) is 4.79 Å². The molecule has 5 heteroatoms. The number of ether oxygens (including phenoxy) is 3. The Hall–Kier alpha value is -2.01. The minimum absolute atomic E-state index is 0.0321. The minimum Gasteiger partial charge on any atom is -0.490 e. The van der Waals surface area contributed by atoms with Gasteiger partial charge in [0.25, 0.3) is 0 Å². The highest BCUT2D eigenvalue weighted by Crippen LogP contribution is 2.29. The molecule has 1 aromatic carbocycles. The molecule has 0 aliphatic carbocycles. The van der Waals surface area contributed by atoms with Crippen molar-refractivity contribution in [3.63, 3.8) is 0 Å². The first-order chi connectivity index (χ1) is 11.6. The molecule has 0 bridgehead atoms. The van der Waals surface area contributed by atoms with E-state index < -0.39 is 0 Å². The molecule has 0 N–H and O–H groups in total. The molecular weight excluding hydrogens is 306 g/mol. The van der Waals surface area contributed by atoms with Crippen molar-refractivity contribution in [1.82, 2.24) is 4.90 Å². The summed E-state index contributed by atoms with van der Waals surface area (Å²) in [6.45, 7) is 6.54. The van der Waals surface area contributed by atoms with Gasteiger partial charge >= 0.3 is 0 Å². The van der Waals surface area contributed by atoms with Gasteiger partial charge in [-0.1, -0.05) is 13.0 Å². The van der Waals surface area contributed by atoms with Crippen LogP contribution in [0.25, 0.3) is 6.08 Å². The molecule has 0 saturated carbocycles. The van der Waals surface area contributed by atoms with Crippen molar-refractivity contribution in [2.45, 2.75) is 26.7 Å². The van der Waals surface area contributed by atoms with Crippen molar-refractivity contribution in [3.05, 3.63) is 29.8 Å². The van der Waals surface area contributed by atoms with E-state index in [9.17, 15) is 4.79 Å². The molecule has 0 aromatic heterocycles. The number of nitrogens with zero attached hydrogens (tertiary/aromatic N) is 1. The first-order valence-electron chi connectivity index (χ1n) is 8.44. The van der Waals surface area contributed by atoms with Crippen molar-refractivity contribution < 1.29 is 19.0 Å².